The van der Waals surface area contributed by atoms with Crippen LogP contribution >= 0.6 is 0 Å². The molecule has 0 fully saturated rings. The normalized spacial score (nSPS) is 14.8. The van der Waals surface area contributed by atoms with Crippen LogP contribution in [-0.4, -0.2) is 22.9 Å². The van der Waals surface area contributed by atoms with Gasteiger partial charge in [-0.2, -0.15) is 0 Å². The zero-order valence-electron chi connectivity index (χ0n) is 9.98. The molecule has 0 aliphatic carbocycles. The van der Waals surface area contributed by atoms with Gasteiger partial charge in [0.25, 0.3) is 0 Å². The molecule has 4 N–H and O–H groups in total. The Hall–Kier alpha value is -1.06. The van der Waals surface area contributed by atoms with Crippen molar-refractivity contribution < 1.29 is 10.2 Å². The van der Waals surface area contributed by atoms with Crippen molar-refractivity contribution in [2.24, 2.45) is 5.73 Å². The van der Waals surface area contributed by atoms with Gasteiger partial charge in [0.15, 0.2) is 0 Å². The highest BCUT2D eigenvalue weighted by molar-refractivity contribution is 5.41. The van der Waals surface area contributed by atoms with Gasteiger partial charge in [-0.3, -0.25) is 0 Å². The van der Waals surface area contributed by atoms with Crippen LogP contribution in [0.25, 0.3) is 0 Å². The molecule has 0 spiro atoms. The van der Waals surface area contributed by atoms with Crippen molar-refractivity contribution in [2.45, 2.75) is 38.7 Å². The molecule has 0 amide bonds. The number of aliphatic hydroxyl groups excluding tert-OH is 1. The van der Waals surface area contributed by atoms with Gasteiger partial charge in [0.1, 0.15) is 5.75 Å². The van der Waals surface area contributed by atoms with Crippen LogP contribution in [0.4, 0.5) is 0 Å². The van der Waals surface area contributed by atoms with E-state index < -0.39 is 6.10 Å². The van der Waals surface area contributed by atoms with Gasteiger partial charge in [0.05, 0.1) is 6.10 Å². The first-order valence-electron chi connectivity index (χ1n) is 5.76. The number of aryl methyl sites for hydroxylation is 1. The van der Waals surface area contributed by atoms with Crippen LogP contribution < -0.4 is 5.73 Å². The molecule has 3 heteroatoms. The zero-order valence-corrected chi connectivity index (χ0v) is 9.98. The SMILES string of the molecule is CCC(CC(O)CN)c1c(C)cccc1O. The van der Waals surface area contributed by atoms with E-state index in [-0.39, 0.29) is 12.5 Å². The summed E-state index contributed by atoms with van der Waals surface area (Å²) >= 11 is 0. The average Bonchev–Trinajstić information content (AvgIpc) is 2.27. The van der Waals surface area contributed by atoms with Crippen LogP contribution in [0.15, 0.2) is 18.2 Å². The molecular weight excluding hydrogens is 202 g/mol. The lowest BCUT2D eigenvalue weighted by Gasteiger charge is -2.21. The largest absolute Gasteiger partial charge is 0.508 e. The fourth-order valence-electron chi connectivity index (χ4n) is 2.11. The Morgan fingerprint density at radius 3 is 2.56 bits per heavy atom. The summed E-state index contributed by atoms with van der Waals surface area (Å²) in [6.45, 7) is 4.30. The minimum Gasteiger partial charge on any atom is -0.508 e. The van der Waals surface area contributed by atoms with E-state index in [4.69, 9.17) is 5.73 Å². The van der Waals surface area contributed by atoms with E-state index in [9.17, 15) is 10.2 Å². The van der Waals surface area contributed by atoms with Crippen LogP contribution in [0.5, 0.6) is 5.75 Å². The van der Waals surface area contributed by atoms with E-state index >= 15 is 0 Å². The topological polar surface area (TPSA) is 66.5 Å². The quantitative estimate of drug-likeness (QED) is 0.714. The Morgan fingerprint density at radius 1 is 1.38 bits per heavy atom. The number of phenolic OH excluding ortho intramolecular Hbond substituents is 1. The molecule has 1 aromatic rings. The first kappa shape index (κ1) is 13.0. The lowest BCUT2D eigenvalue weighted by atomic mass is 9.87. The number of phenols is 1. The van der Waals surface area contributed by atoms with Crippen LogP contribution in [0.1, 0.15) is 36.8 Å². The molecule has 0 aromatic heterocycles. The number of rotatable bonds is 5. The average molecular weight is 223 g/mol. The molecule has 0 radical (unpaired) electrons. The summed E-state index contributed by atoms with van der Waals surface area (Å²) in [7, 11) is 0. The Morgan fingerprint density at radius 2 is 2.06 bits per heavy atom. The molecule has 16 heavy (non-hydrogen) atoms. The molecule has 90 valence electrons. The number of aliphatic hydroxyl groups is 1. The molecule has 0 bridgehead atoms. The van der Waals surface area contributed by atoms with Gasteiger partial charge in [0, 0.05) is 6.54 Å². The first-order valence-corrected chi connectivity index (χ1v) is 5.76. The van der Waals surface area contributed by atoms with Crippen LogP contribution in [-0.2, 0) is 0 Å². The lowest BCUT2D eigenvalue weighted by Crippen LogP contribution is -2.22. The molecule has 3 nitrogen and oxygen atoms in total. The predicted octanol–water partition coefficient (Wildman–Crippen LogP) is 1.90. The van der Waals surface area contributed by atoms with Crippen molar-refractivity contribution in [1.29, 1.82) is 0 Å². The van der Waals surface area contributed by atoms with Crippen LogP contribution in [0.3, 0.4) is 0 Å². The number of aromatic hydroxyl groups is 1. The lowest BCUT2D eigenvalue weighted by molar-refractivity contribution is 0.161. The van der Waals surface area contributed by atoms with Crippen LogP contribution in [0.2, 0.25) is 0 Å². The van der Waals surface area contributed by atoms with E-state index in [1.165, 1.54) is 0 Å². The summed E-state index contributed by atoms with van der Waals surface area (Å²) in [6.07, 6.45) is 0.991. The van der Waals surface area contributed by atoms with E-state index in [0.717, 1.165) is 17.5 Å². The van der Waals surface area contributed by atoms with Gasteiger partial charge in [-0.15, -0.1) is 0 Å². The molecule has 0 aliphatic heterocycles. The zero-order chi connectivity index (χ0) is 12.1. The van der Waals surface area contributed by atoms with Crippen molar-refractivity contribution >= 4 is 0 Å². The van der Waals surface area contributed by atoms with Gasteiger partial charge in [0.2, 0.25) is 0 Å². The summed E-state index contributed by atoms with van der Waals surface area (Å²) in [5, 5.41) is 19.5. The maximum atomic E-state index is 9.87. The second-order valence-electron chi connectivity index (χ2n) is 4.24. The maximum Gasteiger partial charge on any atom is 0.119 e. The van der Waals surface area contributed by atoms with Crippen molar-refractivity contribution in [3.8, 4) is 5.75 Å². The van der Waals surface area contributed by atoms with E-state index in [1.807, 2.05) is 19.1 Å². The first-order chi connectivity index (χ1) is 7.60. The monoisotopic (exact) mass is 223 g/mol. The molecule has 0 aliphatic rings. The second kappa shape index (κ2) is 5.87. The van der Waals surface area contributed by atoms with E-state index in [0.29, 0.717) is 12.2 Å². The molecule has 1 aromatic carbocycles. The van der Waals surface area contributed by atoms with Crippen molar-refractivity contribution in [3.05, 3.63) is 29.3 Å². The summed E-state index contributed by atoms with van der Waals surface area (Å²) in [5.74, 6) is 0.482. The molecular formula is C13H21NO2. The molecule has 0 saturated heterocycles. The second-order valence-corrected chi connectivity index (χ2v) is 4.24. The summed E-state index contributed by atoms with van der Waals surface area (Å²) in [6, 6.07) is 5.51. The third-order valence-electron chi connectivity index (χ3n) is 3.03. The molecule has 1 rings (SSSR count). The van der Waals surface area contributed by atoms with Crippen molar-refractivity contribution in [2.75, 3.05) is 6.54 Å². The van der Waals surface area contributed by atoms with Gasteiger partial charge >= 0.3 is 0 Å². The Balaban J connectivity index is 2.94. The fourth-order valence-corrected chi connectivity index (χ4v) is 2.11. The highest BCUT2D eigenvalue weighted by Gasteiger charge is 2.18. The van der Waals surface area contributed by atoms with Gasteiger partial charge in [-0.25, -0.2) is 0 Å². The smallest absolute Gasteiger partial charge is 0.119 e. The molecule has 2 unspecified atom stereocenters. The third-order valence-corrected chi connectivity index (χ3v) is 3.03. The van der Waals surface area contributed by atoms with E-state index in [1.54, 1.807) is 6.07 Å². The number of hydrogen-bond donors (Lipinski definition) is 3. The van der Waals surface area contributed by atoms with Gasteiger partial charge in [-0.05, 0) is 42.9 Å². The minimum atomic E-state index is -0.496. The van der Waals surface area contributed by atoms with E-state index in [2.05, 4.69) is 6.92 Å². The van der Waals surface area contributed by atoms with Crippen molar-refractivity contribution in [1.82, 2.24) is 0 Å². The standard InChI is InChI=1S/C13H21NO2/c1-3-10(7-11(15)8-14)13-9(2)5-4-6-12(13)16/h4-6,10-11,15-16H,3,7-8,14H2,1-2H3. The van der Waals surface area contributed by atoms with Gasteiger partial charge in [-0.1, -0.05) is 19.1 Å². The highest BCUT2D eigenvalue weighted by Crippen LogP contribution is 2.33. The third kappa shape index (κ3) is 2.97. The maximum absolute atomic E-state index is 9.87. The molecule has 0 heterocycles. The van der Waals surface area contributed by atoms with Crippen molar-refractivity contribution in [3.63, 3.8) is 0 Å². The summed E-state index contributed by atoms with van der Waals surface area (Å²) in [5.41, 5.74) is 7.42. The minimum absolute atomic E-state index is 0.166. The van der Waals surface area contributed by atoms with Crippen LogP contribution in [0, 0.1) is 6.92 Å². The number of nitrogens with two attached hydrogens (primary N) is 1. The van der Waals surface area contributed by atoms with Gasteiger partial charge < -0.3 is 15.9 Å². The summed E-state index contributed by atoms with van der Waals surface area (Å²) in [4.78, 5) is 0. The number of benzene rings is 1. The molecule has 0 saturated carbocycles. The Bertz CT molecular complexity index is 318. The fraction of sp³-hybridized carbons (Fsp3) is 0.538. The molecule has 2 atom stereocenters. The predicted molar refractivity (Wildman–Crippen MR) is 65.6 cm³/mol. The summed E-state index contributed by atoms with van der Waals surface area (Å²) < 4.78 is 0. The Labute approximate surface area is 96.9 Å². The highest BCUT2D eigenvalue weighted by atomic mass is 16.3. The number of hydrogen-bond acceptors (Lipinski definition) is 3. The Kier molecular flexibility index (Phi) is 4.77.